The van der Waals surface area contributed by atoms with Crippen molar-refractivity contribution < 1.29 is 13.6 Å². The molecule has 0 aromatic heterocycles. The van der Waals surface area contributed by atoms with Crippen molar-refractivity contribution in [1.29, 1.82) is 0 Å². The number of nitrogens with one attached hydrogen (secondary N) is 2. The van der Waals surface area contributed by atoms with Crippen LogP contribution < -0.4 is 10.6 Å². The first-order chi connectivity index (χ1) is 10.5. The Kier molecular flexibility index (Phi) is 8.53. The van der Waals surface area contributed by atoms with Crippen LogP contribution in [0.2, 0.25) is 0 Å². The number of hydrogen-bond acceptors (Lipinski definition) is 4. The molecular weight excluding hydrogens is 379 g/mol. The van der Waals surface area contributed by atoms with Crippen LogP contribution in [0.3, 0.4) is 0 Å². The van der Waals surface area contributed by atoms with Crippen LogP contribution in [0, 0.1) is 0 Å². The average molecular weight is 406 g/mol. The van der Waals surface area contributed by atoms with E-state index >= 15 is 0 Å². The predicted octanol–water partition coefficient (Wildman–Crippen LogP) is 2.30. The molecule has 1 amide bonds. The molecule has 9 heteroatoms. The molecule has 2 N–H and O–H groups in total. The number of rotatable bonds is 4. The van der Waals surface area contributed by atoms with Crippen molar-refractivity contribution in [2.45, 2.75) is 49.6 Å². The summed E-state index contributed by atoms with van der Waals surface area (Å²) in [5.41, 5.74) is 0.0533. The lowest BCUT2D eigenvalue weighted by Gasteiger charge is -2.43. The molecule has 4 nitrogen and oxygen atoms in total. The van der Waals surface area contributed by atoms with Crippen LogP contribution in [0.5, 0.6) is 0 Å². The number of carbonyl (C=O) groups excluding carboxylic acids is 1. The molecule has 0 spiro atoms. The minimum absolute atomic E-state index is 0. The summed E-state index contributed by atoms with van der Waals surface area (Å²) in [6.45, 7) is 2.35. The Morgan fingerprint density at radius 1 is 1.21 bits per heavy atom. The Labute approximate surface area is 159 Å². The summed E-state index contributed by atoms with van der Waals surface area (Å²) < 4.78 is 26.4. The van der Waals surface area contributed by atoms with Gasteiger partial charge in [-0.25, -0.2) is 8.78 Å². The molecule has 142 valence electrons. The summed E-state index contributed by atoms with van der Waals surface area (Å²) in [6, 6.07) is -0.745. The molecule has 2 saturated heterocycles. The predicted molar refractivity (Wildman–Crippen MR) is 99.0 cm³/mol. The van der Waals surface area contributed by atoms with E-state index in [4.69, 9.17) is 0 Å². The molecule has 3 fully saturated rings. The summed E-state index contributed by atoms with van der Waals surface area (Å²) in [5, 5.41) is 5.59. The first-order valence-electron chi connectivity index (χ1n) is 8.23. The number of thioether (sulfide) groups is 1. The first-order valence-corrected chi connectivity index (χ1v) is 9.38. The number of halogens is 4. The van der Waals surface area contributed by atoms with E-state index in [2.05, 4.69) is 15.5 Å². The lowest BCUT2D eigenvalue weighted by atomic mass is 9.94. The SMILES string of the molecule is Cl.Cl.O=C(NCC1(N2CCSCC2)CCCC1)C1CC(F)(F)CN1. The molecule has 1 aliphatic carbocycles. The zero-order chi connectivity index (χ0) is 15.6. The van der Waals surface area contributed by atoms with Crippen molar-refractivity contribution in [2.24, 2.45) is 0 Å². The number of carbonyl (C=O) groups is 1. The highest BCUT2D eigenvalue weighted by molar-refractivity contribution is 7.99. The Hall–Kier alpha value is 0.180. The second-order valence-electron chi connectivity index (χ2n) is 6.74. The van der Waals surface area contributed by atoms with Crippen LogP contribution in [0.25, 0.3) is 0 Å². The molecule has 2 aliphatic heterocycles. The molecule has 0 bridgehead atoms. The molecule has 2 heterocycles. The Morgan fingerprint density at radius 3 is 2.38 bits per heavy atom. The standard InChI is InChI=1S/C15H25F2N3OS.2ClH/c16-15(17)9-12(18-11-15)13(21)19-10-14(3-1-2-4-14)20-5-7-22-8-6-20;;/h12,18H,1-11H2,(H,19,21);2*1H. The van der Waals surface area contributed by atoms with Crippen LogP contribution in [-0.2, 0) is 4.79 Å². The third-order valence-electron chi connectivity index (χ3n) is 5.23. The van der Waals surface area contributed by atoms with Gasteiger partial charge in [0, 0.05) is 43.1 Å². The highest BCUT2D eigenvalue weighted by Gasteiger charge is 2.44. The second kappa shape index (κ2) is 9.21. The van der Waals surface area contributed by atoms with E-state index in [1.54, 1.807) is 0 Å². The first kappa shape index (κ1) is 22.2. The number of hydrogen-bond donors (Lipinski definition) is 2. The van der Waals surface area contributed by atoms with E-state index in [0.29, 0.717) is 6.54 Å². The lowest BCUT2D eigenvalue weighted by Crippen LogP contribution is -2.57. The molecule has 1 atom stereocenters. The number of nitrogens with zero attached hydrogens (tertiary/aromatic N) is 1. The van der Waals surface area contributed by atoms with Gasteiger partial charge in [-0.15, -0.1) is 24.8 Å². The number of alkyl halides is 2. The van der Waals surface area contributed by atoms with Crippen molar-refractivity contribution in [3.8, 4) is 0 Å². The van der Waals surface area contributed by atoms with E-state index in [9.17, 15) is 13.6 Å². The Bertz CT molecular complexity index is 420. The fourth-order valence-electron chi connectivity index (χ4n) is 3.95. The molecule has 1 saturated carbocycles. The van der Waals surface area contributed by atoms with Gasteiger partial charge in [0.25, 0.3) is 5.92 Å². The normalized spacial score (nSPS) is 28.7. The maximum absolute atomic E-state index is 13.2. The molecule has 3 aliphatic rings. The van der Waals surface area contributed by atoms with Crippen molar-refractivity contribution in [1.82, 2.24) is 15.5 Å². The second-order valence-corrected chi connectivity index (χ2v) is 7.97. The monoisotopic (exact) mass is 405 g/mol. The van der Waals surface area contributed by atoms with Crippen molar-refractivity contribution in [2.75, 3.05) is 37.7 Å². The average Bonchev–Trinajstić information content (AvgIpc) is 3.13. The fraction of sp³-hybridized carbons (Fsp3) is 0.933. The molecule has 24 heavy (non-hydrogen) atoms. The van der Waals surface area contributed by atoms with Crippen molar-refractivity contribution >= 4 is 42.5 Å². The summed E-state index contributed by atoms with van der Waals surface area (Å²) in [7, 11) is 0. The fourth-order valence-corrected chi connectivity index (χ4v) is 4.85. The molecule has 0 radical (unpaired) electrons. The van der Waals surface area contributed by atoms with Gasteiger partial charge in [-0.05, 0) is 12.8 Å². The zero-order valence-corrected chi connectivity index (χ0v) is 16.1. The van der Waals surface area contributed by atoms with E-state index in [1.165, 1.54) is 12.8 Å². The van der Waals surface area contributed by atoms with Gasteiger partial charge >= 0.3 is 0 Å². The van der Waals surface area contributed by atoms with Crippen molar-refractivity contribution in [3.05, 3.63) is 0 Å². The topological polar surface area (TPSA) is 44.4 Å². The third kappa shape index (κ3) is 5.10. The number of amides is 1. The third-order valence-corrected chi connectivity index (χ3v) is 6.18. The zero-order valence-electron chi connectivity index (χ0n) is 13.7. The van der Waals surface area contributed by atoms with Crippen LogP contribution in [0.4, 0.5) is 8.78 Å². The van der Waals surface area contributed by atoms with Crippen LogP contribution >= 0.6 is 36.6 Å². The highest BCUT2D eigenvalue weighted by atomic mass is 35.5. The summed E-state index contributed by atoms with van der Waals surface area (Å²) >= 11 is 1.98. The van der Waals surface area contributed by atoms with E-state index in [-0.39, 0.29) is 49.2 Å². The maximum Gasteiger partial charge on any atom is 0.262 e. The van der Waals surface area contributed by atoms with E-state index in [0.717, 1.165) is 37.4 Å². The molecule has 0 aromatic carbocycles. The minimum atomic E-state index is -2.75. The Morgan fingerprint density at radius 2 is 1.83 bits per heavy atom. The van der Waals surface area contributed by atoms with Crippen molar-refractivity contribution in [3.63, 3.8) is 0 Å². The van der Waals surface area contributed by atoms with Gasteiger partial charge in [0.05, 0.1) is 12.6 Å². The molecule has 3 rings (SSSR count). The Balaban J connectivity index is 0.00000144. The summed E-state index contributed by atoms with van der Waals surface area (Å²) in [4.78, 5) is 14.7. The largest absolute Gasteiger partial charge is 0.353 e. The van der Waals surface area contributed by atoms with E-state index in [1.807, 2.05) is 11.8 Å². The van der Waals surface area contributed by atoms with Crippen LogP contribution in [-0.4, -0.2) is 66.0 Å². The van der Waals surface area contributed by atoms with Gasteiger partial charge in [0.1, 0.15) is 0 Å². The van der Waals surface area contributed by atoms with Gasteiger partial charge in [-0.1, -0.05) is 12.8 Å². The van der Waals surface area contributed by atoms with Gasteiger partial charge in [-0.3, -0.25) is 15.0 Å². The van der Waals surface area contributed by atoms with Gasteiger partial charge < -0.3 is 5.32 Å². The van der Waals surface area contributed by atoms with Crippen LogP contribution in [0.15, 0.2) is 0 Å². The summed E-state index contributed by atoms with van der Waals surface area (Å²) in [5.74, 6) is -0.732. The molecular formula is C15H27Cl2F2N3OS. The van der Waals surface area contributed by atoms with Gasteiger partial charge in [0.2, 0.25) is 5.91 Å². The van der Waals surface area contributed by atoms with E-state index < -0.39 is 12.0 Å². The maximum atomic E-state index is 13.2. The van der Waals surface area contributed by atoms with Gasteiger partial charge in [0.15, 0.2) is 0 Å². The lowest BCUT2D eigenvalue weighted by molar-refractivity contribution is -0.124. The summed E-state index contributed by atoms with van der Waals surface area (Å²) in [6.07, 6.45) is 4.21. The van der Waals surface area contributed by atoms with Gasteiger partial charge in [-0.2, -0.15) is 11.8 Å². The quantitative estimate of drug-likeness (QED) is 0.752. The minimum Gasteiger partial charge on any atom is -0.353 e. The highest BCUT2D eigenvalue weighted by Crippen LogP contribution is 2.36. The van der Waals surface area contributed by atoms with Crippen LogP contribution in [0.1, 0.15) is 32.1 Å². The molecule has 1 unspecified atom stereocenters. The molecule has 0 aromatic rings. The smallest absolute Gasteiger partial charge is 0.262 e.